The number of allylic oxidation sites excluding steroid dienone is 4. The fourth-order valence-corrected chi connectivity index (χ4v) is 1.53. The van der Waals surface area contributed by atoms with Crippen LogP contribution in [-0.2, 0) is 9.59 Å². The molecule has 1 heterocycles. The minimum absolute atomic E-state index is 0.136. The Morgan fingerprint density at radius 3 is 3.00 bits per heavy atom. The third-order valence-corrected chi connectivity index (χ3v) is 2.28. The van der Waals surface area contributed by atoms with Gasteiger partial charge in [-0.25, -0.2) is 0 Å². The lowest BCUT2D eigenvalue weighted by atomic mass is 9.92. The van der Waals surface area contributed by atoms with Crippen molar-refractivity contribution >= 4 is 11.7 Å². The summed E-state index contributed by atoms with van der Waals surface area (Å²) in [5.41, 5.74) is 6.02. The second-order valence-electron chi connectivity index (χ2n) is 3.19. The number of ketones is 1. The van der Waals surface area contributed by atoms with Crippen LogP contribution >= 0.6 is 0 Å². The van der Waals surface area contributed by atoms with Gasteiger partial charge < -0.3 is 5.43 Å². The van der Waals surface area contributed by atoms with Crippen LogP contribution < -0.4 is 10.9 Å². The van der Waals surface area contributed by atoms with Crippen molar-refractivity contribution in [3.8, 4) is 0 Å². The Balaban J connectivity index is 2.22. The van der Waals surface area contributed by atoms with Gasteiger partial charge in [0.15, 0.2) is 0 Å². The third-order valence-electron chi connectivity index (χ3n) is 2.28. The summed E-state index contributed by atoms with van der Waals surface area (Å²) in [5.74, 6) is -0.761. The molecule has 0 aromatic rings. The Bertz CT molecular complexity index is 318. The quantitative estimate of drug-likeness (QED) is 0.515. The van der Waals surface area contributed by atoms with Crippen molar-refractivity contribution in [1.29, 1.82) is 0 Å². The van der Waals surface area contributed by atoms with E-state index in [-0.39, 0.29) is 11.7 Å². The first-order valence-corrected chi connectivity index (χ1v) is 4.23. The second-order valence-corrected chi connectivity index (χ2v) is 3.19. The molecule has 1 aliphatic heterocycles. The highest BCUT2D eigenvalue weighted by Crippen LogP contribution is 2.22. The molecule has 2 rings (SSSR count). The second kappa shape index (κ2) is 3.05. The SMILES string of the molecule is O=C1CC2CC=CC=C2NNC1=O. The monoisotopic (exact) mass is 178 g/mol. The smallest absolute Gasteiger partial charge is 0.302 e. The van der Waals surface area contributed by atoms with Gasteiger partial charge in [0.2, 0.25) is 5.78 Å². The Hall–Kier alpha value is -1.58. The van der Waals surface area contributed by atoms with Gasteiger partial charge in [-0.2, -0.15) is 0 Å². The van der Waals surface area contributed by atoms with E-state index in [1.54, 1.807) is 0 Å². The van der Waals surface area contributed by atoms with E-state index in [2.05, 4.69) is 10.9 Å². The highest BCUT2D eigenvalue weighted by atomic mass is 16.2. The Labute approximate surface area is 75.7 Å². The van der Waals surface area contributed by atoms with Crippen LogP contribution in [-0.4, -0.2) is 11.7 Å². The number of Topliss-reactive ketones (excluding diaryl/α,β-unsaturated/α-hetero) is 1. The minimum Gasteiger partial charge on any atom is -0.302 e. The maximum atomic E-state index is 11.2. The van der Waals surface area contributed by atoms with E-state index in [0.717, 1.165) is 12.1 Å². The molecule has 4 heteroatoms. The maximum Gasteiger partial charge on any atom is 0.305 e. The van der Waals surface area contributed by atoms with Gasteiger partial charge in [-0.1, -0.05) is 12.2 Å². The Kier molecular flexibility index (Phi) is 1.88. The van der Waals surface area contributed by atoms with Crippen LogP contribution in [0.4, 0.5) is 0 Å². The van der Waals surface area contributed by atoms with E-state index in [9.17, 15) is 9.59 Å². The Morgan fingerprint density at radius 2 is 2.15 bits per heavy atom. The predicted octanol–water partition coefficient (Wildman–Crippen LogP) is 0.0400. The summed E-state index contributed by atoms with van der Waals surface area (Å²) in [4.78, 5) is 22.2. The van der Waals surface area contributed by atoms with Gasteiger partial charge >= 0.3 is 5.91 Å². The summed E-state index contributed by atoms with van der Waals surface area (Å²) in [6.45, 7) is 0. The molecule has 1 amide bonds. The lowest BCUT2D eigenvalue weighted by Crippen LogP contribution is -2.38. The van der Waals surface area contributed by atoms with Crippen LogP contribution in [0.15, 0.2) is 23.9 Å². The molecule has 1 unspecified atom stereocenters. The molecule has 68 valence electrons. The van der Waals surface area contributed by atoms with Gasteiger partial charge in [0.05, 0.1) is 0 Å². The first-order valence-electron chi connectivity index (χ1n) is 4.23. The normalized spacial score (nSPS) is 26.8. The number of hydrazine groups is 1. The molecule has 0 radical (unpaired) electrons. The van der Waals surface area contributed by atoms with Gasteiger partial charge in [-0.15, -0.1) is 0 Å². The van der Waals surface area contributed by atoms with Crippen molar-refractivity contribution < 1.29 is 9.59 Å². The standard InChI is InChI=1S/C9H10N2O2/c12-8-5-6-3-1-2-4-7(6)10-11-9(8)13/h1-2,4,6,10H,3,5H2,(H,11,13). The number of fused-ring (bicyclic) bond motifs is 1. The Morgan fingerprint density at radius 1 is 1.31 bits per heavy atom. The topological polar surface area (TPSA) is 58.2 Å². The van der Waals surface area contributed by atoms with E-state index in [4.69, 9.17) is 0 Å². The molecule has 1 atom stereocenters. The first kappa shape index (κ1) is 8.04. The maximum absolute atomic E-state index is 11.2. The number of carbonyl (C=O) groups excluding carboxylic acids is 2. The van der Waals surface area contributed by atoms with E-state index >= 15 is 0 Å². The zero-order valence-electron chi connectivity index (χ0n) is 7.04. The molecule has 0 aromatic carbocycles. The molecule has 1 fully saturated rings. The molecule has 1 aliphatic carbocycles. The molecular formula is C9H10N2O2. The third kappa shape index (κ3) is 1.47. The molecule has 1 saturated heterocycles. The summed E-state index contributed by atoms with van der Waals surface area (Å²) in [5, 5.41) is 0. The van der Waals surface area contributed by atoms with Crippen molar-refractivity contribution in [2.75, 3.05) is 0 Å². The predicted molar refractivity (Wildman–Crippen MR) is 46.2 cm³/mol. The molecule has 13 heavy (non-hydrogen) atoms. The molecule has 0 spiro atoms. The zero-order valence-corrected chi connectivity index (χ0v) is 7.04. The lowest BCUT2D eigenvalue weighted by molar-refractivity contribution is -0.138. The van der Waals surface area contributed by atoms with Crippen molar-refractivity contribution in [3.63, 3.8) is 0 Å². The van der Waals surface area contributed by atoms with Crippen LogP contribution in [0.1, 0.15) is 12.8 Å². The first-order chi connectivity index (χ1) is 6.27. The van der Waals surface area contributed by atoms with Crippen LogP contribution in [0.5, 0.6) is 0 Å². The number of amides is 1. The summed E-state index contributed by atoms with van der Waals surface area (Å²) < 4.78 is 0. The van der Waals surface area contributed by atoms with Crippen molar-refractivity contribution in [1.82, 2.24) is 10.9 Å². The molecule has 2 N–H and O–H groups in total. The summed E-state index contributed by atoms with van der Waals surface area (Å²) in [6.07, 6.45) is 6.92. The molecular weight excluding hydrogens is 168 g/mol. The summed E-state index contributed by atoms with van der Waals surface area (Å²) >= 11 is 0. The fourth-order valence-electron chi connectivity index (χ4n) is 1.53. The molecule has 0 aromatic heterocycles. The highest BCUT2D eigenvalue weighted by molar-refractivity contribution is 6.36. The average Bonchev–Trinajstić information content (AvgIpc) is 2.28. The lowest BCUT2D eigenvalue weighted by Gasteiger charge is -2.17. The van der Waals surface area contributed by atoms with Crippen molar-refractivity contribution in [2.45, 2.75) is 12.8 Å². The number of hydrogen-bond acceptors (Lipinski definition) is 3. The van der Waals surface area contributed by atoms with Gasteiger partial charge in [0, 0.05) is 18.0 Å². The van der Waals surface area contributed by atoms with Crippen molar-refractivity contribution in [3.05, 3.63) is 23.9 Å². The molecule has 4 nitrogen and oxygen atoms in total. The van der Waals surface area contributed by atoms with Gasteiger partial charge in [0.25, 0.3) is 0 Å². The largest absolute Gasteiger partial charge is 0.305 e. The average molecular weight is 178 g/mol. The summed E-state index contributed by atoms with van der Waals surface area (Å²) in [7, 11) is 0. The van der Waals surface area contributed by atoms with Crippen LogP contribution in [0, 0.1) is 5.92 Å². The number of hydrogen-bond donors (Lipinski definition) is 2. The molecule has 2 aliphatic rings. The number of rotatable bonds is 0. The number of nitrogens with one attached hydrogen (secondary N) is 2. The van der Waals surface area contributed by atoms with E-state index in [1.165, 1.54) is 0 Å². The van der Waals surface area contributed by atoms with Crippen molar-refractivity contribution in [2.24, 2.45) is 5.92 Å². The minimum atomic E-state index is -0.546. The number of carbonyl (C=O) groups is 2. The summed E-state index contributed by atoms with van der Waals surface area (Å²) in [6, 6.07) is 0. The fraction of sp³-hybridized carbons (Fsp3) is 0.333. The molecule has 0 bridgehead atoms. The van der Waals surface area contributed by atoms with Gasteiger partial charge in [-0.3, -0.25) is 15.0 Å². The van der Waals surface area contributed by atoms with Gasteiger partial charge in [-0.05, 0) is 12.5 Å². The van der Waals surface area contributed by atoms with E-state index < -0.39 is 5.91 Å². The van der Waals surface area contributed by atoms with E-state index in [1.807, 2.05) is 18.2 Å². The van der Waals surface area contributed by atoms with E-state index in [0.29, 0.717) is 6.42 Å². The van der Waals surface area contributed by atoms with Crippen LogP contribution in [0.25, 0.3) is 0 Å². The zero-order chi connectivity index (χ0) is 9.26. The molecule has 0 saturated carbocycles. The van der Waals surface area contributed by atoms with Gasteiger partial charge in [0.1, 0.15) is 0 Å². The van der Waals surface area contributed by atoms with Crippen LogP contribution in [0.2, 0.25) is 0 Å². The van der Waals surface area contributed by atoms with Crippen LogP contribution in [0.3, 0.4) is 0 Å². The highest BCUT2D eigenvalue weighted by Gasteiger charge is 2.26.